The highest BCUT2D eigenvalue weighted by atomic mass is 35.5. The largest absolute Gasteiger partial charge is 0.322 e. The second kappa shape index (κ2) is 7.63. The highest BCUT2D eigenvalue weighted by Crippen LogP contribution is 2.33. The number of benzene rings is 1. The van der Waals surface area contributed by atoms with Crippen LogP contribution in [0.5, 0.6) is 0 Å². The van der Waals surface area contributed by atoms with Crippen molar-refractivity contribution >= 4 is 34.7 Å². The van der Waals surface area contributed by atoms with Gasteiger partial charge in [0.2, 0.25) is 0 Å². The van der Waals surface area contributed by atoms with E-state index in [2.05, 4.69) is 11.1 Å². The maximum Gasteiger partial charge on any atom is 0.251 e. The molecular formula is C20H20ClNO2S. The van der Waals surface area contributed by atoms with E-state index in [0.29, 0.717) is 29.2 Å². The number of H-pyrrole nitrogens is 1. The van der Waals surface area contributed by atoms with E-state index in [1.165, 1.54) is 0 Å². The Labute approximate surface area is 156 Å². The van der Waals surface area contributed by atoms with Crippen molar-refractivity contribution in [3.8, 4) is 0 Å². The summed E-state index contributed by atoms with van der Waals surface area (Å²) in [6.07, 6.45) is 6.14. The number of aromatic nitrogens is 1. The number of halogens is 1. The molecule has 0 radical (unpaired) electrons. The minimum absolute atomic E-state index is 0.0993. The van der Waals surface area contributed by atoms with Gasteiger partial charge in [-0.3, -0.25) is 9.59 Å². The number of carbonyl (C=O) groups excluding carboxylic acids is 1. The van der Waals surface area contributed by atoms with Gasteiger partial charge in [-0.2, -0.15) is 0 Å². The van der Waals surface area contributed by atoms with Crippen LogP contribution >= 0.6 is 23.4 Å². The second-order valence-corrected chi connectivity index (χ2v) is 7.61. The van der Waals surface area contributed by atoms with Gasteiger partial charge in [0, 0.05) is 34.6 Å². The van der Waals surface area contributed by atoms with Crippen LogP contribution in [0.4, 0.5) is 0 Å². The Morgan fingerprint density at radius 1 is 1.28 bits per heavy atom. The number of allylic oxidation sites excluding steroid dienone is 1. The van der Waals surface area contributed by atoms with Gasteiger partial charge < -0.3 is 4.98 Å². The molecule has 3 nitrogen and oxygen atoms in total. The number of nitrogens with one attached hydrogen (secondary N) is 1. The summed E-state index contributed by atoms with van der Waals surface area (Å²) < 4.78 is 0. The van der Waals surface area contributed by atoms with Gasteiger partial charge in [0.15, 0.2) is 0 Å². The molecule has 5 heteroatoms. The fourth-order valence-electron chi connectivity index (χ4n) is 3.10. The highest BCUT2D eigenvalue weighted by molar-refractivity contribution is 7.98. The first-order valence-electron chi connectivity index (χ1n) is 8.25. The smallest absolute Gasteiger partial charge is 0.251 e. The fourth-order valence-corrected chi connectivity index (χ4v) is 3.97. The molecule has 25 heavy (non-hydrogen) atoms. The third kappa shape index (κ3) is 4.07. The average Bonchev–Trinajstić information content (AvgIpc) is 3.00. The van der Waals surface area contributed by atoms with Gasteiger partial charge in [-0.25, -0.2) is 0 Å². The number of hydrogen-bond donors (Lipinski definition) is 1. The molecule has 0 spiro atoms. The van der Waals surface area contributed by atoms with E-state index in [4.69, 9.17) is 11.6 Å². The van der Waals surface area contributed by atoms with Crippen LogP contribution in [0.25, 0.3) is 5.57 Å². The zero-order chi connectivity index (χ0) is 18.0. The van der Waals surface area contributed by atoms with Gasteiger partial charge in [0.1, 0.15) is 5.78 Å². The molecule has 1 N–H and O–H groups in total. The van der Waals surface area contributed by atoms with Crippen molar-refractivity contribution in [2.45, 2.75) is 31.1 Å². The monoisotopic (exact) mass is 373 g/mol. The maximum absolute atomic E-state index is 12.1. The minimum atomic E-state index is -0.0993. The van der Waals surface area contributed by atoms with Crippen LogP contribution in [0.15, 0.2) is 46.1 Å². The van der Waals surface area contributed by atoms with Crippen LogP contribution in [-0.2, 0) is 4.79 Å². The third-order valence-corrected chi connectivity index (χ3v) is 5.77. The molecule has 1 aliphatic carbocycles. The second-order valence-electron chi connectivity index (χ2n) is 6.36. The molecule has 0 bridgehead atoms. The summed E-state index contributed by atoms with van der Waals surface area (Å²) in [6.45, 7) is 1.78. The van der Waals surface area contributed by atoms with E-state index in [0.717, 1.165) is 28.1 Å². The Hall–Kier alpha value is -1.78. The topological polar surface area (TPSA) is 49.9 Å². The molecule has 1 aromatic carbocycles. The number of thioether (sulfide) groups is 1. The van der Waals surface area contributed by atoms with Crippen molar-refractivity contribution < 1.29 is 4.79 Å². The number of ketones is 1. The van der Waals surface area contributed by atoms with Crippen LogP contribution in [0.1, 0.15) is 36.1 Å². The Bertz CT molecular complexity index is 901. The minimum Gasteiger partial charge on any atom is -0.322 e. The predicted octanol–water partition coefficient (Wildman–Crippen LogP) is 4.86. The zero-order valence-electron chi connectivity index (χ0n) is 14.3. The SMILES string of the molecule is CSc1ccc(/C(=C\[C@H]2CCC(=O)C2)c2ccc(C)c(=O)[nH]2)cc1Cl. The molecule has 1 aromatic heterocycles. The molecule has 2 aromatic rings. The van der Waals surface area contributed by atoms with Gasteiger partial charge in [-0.05, 0) is 49.3 Å². The Balaban J connectivity index is 2.09. The molecule has 1 atom stereocenters. The molecule has 0 aliphatic heterocycles. The predicted molar refractivity (Wildman–Crippen MR) is 104 cm³/mol. The van der Waals surface area contributed by atoms with Crippen LogP contribution in [0.3, 0.4) is 0 Å². The van der Waals surface area contributed by atoms with Gasteiger partial charge >= 0.3 is 0 Å². The number of aromatic amines is 1. The highest BCUT2D eigenvalue weighted by Gasteiger charge is 2.22. The van der Waals surface area contributed by atoms with Crippen molar-refractivity contribution in [1.29, 1.82) is 0 Å². The molecule has 0 amide bonds. The van der Waals surface area contributed by atoms with Crippen LogP contribution in [0, 0.1) is 12.8 Å². The van der Waals surface area contributed by atoms with E-state index >= 15 is 0 Å². The molecule has 0 saturated heterocycles. The summed E-state index contributed by atoms with van der Waals surface area (Å²) in [4.78, 5) is 27.7. The lowest BCUT2D eigenvalue weighted by Crippen LogP contribution is -2.11. The molecule has 1 saturated carbocycles. The van der Waals surface area contributed by atoms with Crippen LogP contribution in [0.2, 0.25) is 5.02 Å². The quantitative estimate of drug-likeness (QED) is 0.778. The molecule has 1 fully saturated rings. The standard InChI is InChI=1S/C20H20ClNO2S/c1-12-3-7-18(22-20(12)24)16(10-13-4-6-15(23)9-13)14-5-8-19(25-2)17(21)11-14/h3,5,7-8,10-11,13H,4,6,9H2,1-2H3,(H,22,24)/b16-10+/t13-/m0/s1. The number of pyridine rings is 1. The van der Waals surface area contributed by atoms with Crippen molar-refractivity contribution in [2.75, 3.05) is 6.26 Å². The first-order chi connectivity index (χ1) is 12.0. The molecular weight excluding hydrogens is 354 g/mol. The van der Waals surface area contributed by atoms with E-state index in [-0.39, 0.29) is 11.5 Å². The Morgan fingerprint density at radius 3 is 2.68 bits per heavy atom. The van der Waals surface area contributed by atoms with Crippen molar-refractivity contribution in [3.05, 3.63) is 68.6 Å². The Morgan fingerprint density at radius 2 is 2.08 bits per heavy atom. The molecule has 1 aliphatic rings. The van der Waals surface area contributed by atoms with Gasteiger partial charge in [0.05, 0.1) is 5.02 Å². The van der Waals surface area contributed by atoms with Crippen molar-refractivity contribution in [3.63, 3.8) is 0 Å². The molecule has 1 heterocycles. The number of carbonyl (C=O) groups is 1. The first kappa shape index (κ1) is 18.0. The third-order valence-electron chi connectivity index (χ3n) is 4.55. The lowest BCUT2D eigenvalue weighted by Gasteiger charge is -2.13. The summed E-state index contributed by atoms with van der Waals surface area (Å²) in [5.74, 6) is 0.500. The van der Waals surface area contributed by atoms with Gasteiger partial charge in [-0.1, -0.05) is 29.8 Å². The van der Waals surface area contributed by atoms with E-state index in [1.807, 2.05) is 36.6 Å². The van der Waals surface area contributed by atoms with Crippen molar-refractivity contribution in [2.24, 2.45) is 5.92 Å². The lowest BCUT2D eigenvalue weighted by molar-refractivity contribution is -0.117. The molecule has 130 valence electrons. The average molecular weight is 374 g/mol. The maximum atomic E-state index is 12.1. The Kier molecular flexibility index (Phi) is 5.50. The van der Waals surface area contributed by atoms with Gasteiger partial charge in [0.25, 0.3) is 5.56 Å². The summed E-state index contributed by atoms with van der Waals surface area (Å²) in [7, 11) is 0. The first-order valence-corrected chi connectivity index (χ1v) is 9.86. The summed E-state index contributed by atoms with van der Waals surface area (Å²) >= 11 is 7.98. The van der Waals surface area contributed by atoms with E-state index < -0.39 is 0 Å². The summed E-state index contributed by atoms with van der Waals surface area (Å²) in [5, 5.41) is 0.688. The lowest BCUT2D eigenvalue weighted by atomic mass is 9.96. The zero-order valence-corrected chi connectivity index (χ0v) is 15.8. The number of hydrogen-bond acceptors (Lipinski definition) is 3. The van der Waals surface area contributed by atoms with Gasteiger partial charge in [-0.15, -0.1) is 11.8 Å². The van der Waals surface area contributed by atoms with Crippen molar-refractivity contribution in [1.82, 2.24) is 4.98 Å². The van der Waals surface area contributed by atoms with Crippen LogP contribution < -0.4 is 5.56 Å². The molecule has 0 unspecified atom stereocenters. The number of aryl methyl sites for hydroxylation is 1. The van der Waals surface area contributed by atoms with E-state index in [1.54, 1.807) is 18.7 Å². The number of Topliss-reactive ketones (excluding diaryl/α,β-unsaturated/α-hetero) is 1. The molecule has 3 rings (SSSR count). The summed E-state index contributed by atoms with van der Waals surface area (Å²) in [5.41, 5.74) is 3.20. The number of rotatable bonds is 4. The van der Waals surface area contributed by atoms with E-state index in [9.17, 15) is 9.59 Å². The van der Waals surface area contributed by atoms with Crippen LogP contribution in [-0.4, -0.2) is 17.0 Å². The summed E-state index contributed by atoms with van der Waals surface area (Å²) in [6, 6.07) is 9.66. The fraction of sp³-hybridized carbons (Fsp3) is 0.300. The normalized spacial score (nSPS) is 18.0.